The molecule has 0 radical (unpaired) electrons. The van der Waals surface area contributed by atoms with E-state index in [0.29, 0.717) is 12.0 Å². The van der Waals surface area contributed by atoms with Crippen LogP contribution in [0.3, 0.4) is 0 Å². The van der Waals surface area contributed by atoms with Crippen molar-refractivity contribution in [1.29, 1.82) is 0 Å². The maximum Gasteiger partial charge on any atom is 0.339 e. The molecule has 3 aliphatic carbocycles. The van der Waals surface area contributed by atoms with E-state index >= 15 is 0 Å². The van der Waals surface area contributed by atoms with E-state index in [-0.39, 0.29) is 12.3 Å². The lowest BCUT2D eigenvalue weighted by molar-refractivity contribution is -0.173. The molecule has 3 N–H and O–H groups in total. The van der Waals surface area contributed by atoms with Gasteiger partial charge in [-0.25, -0.2) is 4.79 Å². The van der Waals surface area contributed by atoms with Gasteiger partial charge in [-0.15, -0.1) is 0 Å². The molecule has 5 fully saturated rings. The highest BCUT2D eigenvalue weighted by atomic mass is 16.7. The summed E-state index contributed by atoms with van der Waals surface area (Å²) in [6.07, 6.45) is -2.85. The van der Waals surface area contributed by atoms with E-state index in [2.05, 4.69) is 6.58 Å². The van der Waals surface area contributed by atoms with E-state index in [1.807, 2.05) is 6.92 Å². The van der Waals surface area contributed by atoms with Crippen LogP contribution in [0.4, 0.5) is 0 Å². The maximum atomic E-state index is 12.6. The molecule has 8 nitrogen and oxygen atoms in total. The first-order valence-electron chi connectivity index (χ1n) is 9.34. The Labute approximate surface area is 156 Å². The average Bonchev–Trinajstić information content (AvgIpc) is 3.10. The van der Waals surface area contributed by atoms with Gasteiger partial charge in [0, 0.05) is 19.3 Å². The summed E-state index contributed by atoms with van der Waals surface area (Å²) in [6.45, 7) is 8.83. The molecule has 10 atom stereocenters. The number of carbonyl (C=O) groups is 2. The van der Waals surface area contributed by atoms with Gasteiger partial charge >= 0.3 is 11.9 Å². The molecule has 2 saturated heterocycles. The van der Waals surface area contributed by atoms with Crippen LogP contribution < -0.4 is 0 Å². The smallest absolute Gasteiger partial charge is 0.339 e. The molecule has 0 aromatic rings. The Morgan fingerprint density at radius 1 is 1.33 bits per heavy atom. The highest BCUT2D eigenvalue weighted by molar-refractivity contribution is 5.84. The standard InChI is InChI=1S/C19H24O8/c1-7-5-18-14(22)16(4)12-11(19(18,27-18)13(7)25-9(3)20)8(2)10(21)6-17(12,24)15(23)26-16/h7,10-14,21-22,24H,2,5-6H2,1,3-4H3/t7-,10+,11-,12-,13-,14+,16-,17+,18+,19+/m1/s1. The molecule has 8 heteroatoms. The third-order valence-electron chi connectivity index (χ3n) is 7.74. The lowest BCUT2D eigenvalue weighted by Crippen LogP contribution is -2.69. The molecule has 2 heterocycles. The summed E-state index contributed by atoms with van der Waals surface area (Å²) in [4.78, 5) is 24.3. The van der Waals surface area contributed by atoms with Gasteiger partial charge in [0.05, 0.1) is 12.0 Å². The van der Waals surface area contributed by atoms with Gasteiger partial charge in [0.2, 0.25) is 0 Å². The SMILES string of the molecule is C=C1[C@@H]2[C@@H]3[C@@](C)(OC(=O)[C@]3(O)C[C@@H]1O)[C@H](O)[C@@]13C[C@@H](C)[C@@H](OC(C)=O)[C@@]21O3. The van der Waals surface area contributed by atoms with Crippen LogP contribution in [-0.2, 0) is 23.8 Å². The highest BCUT2D eigenvalue weighted by Gasteiger charge is 2.94. The number of aliphatic hydroxyl groups is 3. The minimum absolute atomic E-state index is 0.115. The second kappa shape index (κ2) is 4.56. The first-order valence-corrected chi connectivity index (χ1v) is 9.34. The molecule has 148 valence electrons. The second-order valence-electron chi connectivity index (χ2n) is 9.15. The first kappa shape index (κ1) is 17.6. The summed E-state index contributed by atoms with van der Waals surface area (Å²) in [7, 11) is 0. The van der Waals surface area contributed by atoms with Crippen LogP contribution in [0, 0.1) is 17.8 Å². The highest BCUT2D eigenvalue weighted by Crippen LogP contribution is 2.77. The fourth-order valence-electron chi connectivity index (χ4n) is 6.88. The van der Waals surface area contributed by atoms with Crippen molar-refractivity contribution in [3.63, 3.8) is 0 Å². The molecule has 0 aromatic heterocycles. The first-order chi connectivity index (χ1) is 12.5. The lowest BCUT2D eigenvalue weighted by Gasteiger charge is -2.53. The van der Waals surface area contributed by atoms with Crippen LogP contribution in [0.15, 0.2) is 12.2 Å². The van der Waals surface area contributed by atoms with Crippen LogP contribution in [0.1, 0.15) is 33.6 Å². The Bertz CT molecular complexity index is 795. The third-order valence-corrected chi connectivity index (χ3v) is 7.74. The zero-order chi connectivity index (χ0) is 19.7. The lowest BCUT2D eigenvalue weighted by atomic mass is 9.50. The van der Waals surface area contributed by atoms with Gasteiger partial charge in [0.15, 0.2) is 5.60 Å². The van der Waals surface area contributed by atoms with Crippen molar-refractivity contribution in [2.24, 2.45) is 17.8 Å². The molecular formula is C19H24O8. The Morgan fingerprint density at radius 2 is 2.00 bits per heavy atom. The van der Waals surface area contributed by atoms with Gasteiger partial charge in [0.1, 0.15) is 29.0 Å². The molecule has 0 spiro atoms. The number of ether oxygens (including phenoxy) is 3. The van der Waals surface area contributed by atoms with E-state index in [4.69, 9.17) is 14.2 Å². The van der Waals surface area contributed by atoms with Crippen molar-refractivity contribution in [1.82, 2.24) is 0 Å². The number of epoxide rings is 1. The van der Waals surface area contributed by atoms with E-state index in [9.17, 15) is 24.9 Å². The van der Waals surface area contributed by atoms with Crippen LogP contribution in [0.5, 0.6) is 0 Å². The normalized spacial score (nSPS) is 60.2. The maximum absolute atomic E-state index is 12.6. The topological polar surface area (TPSA) is 126 Å². The fraction of sp³-hybridized carbons (Fsp3) is 0.789. The summed E-state index contributed by atoms with van der Waals surface area (Å²) in [5.41, 5.74) is -5.14. The minimum atomic E-state index is -1.96. The summed E-state index contributed by atoms with van der Waals surface area (Å²) in [5.74, 6) is -3.00. The molecule has 0 aromatic carbocycles. The molecule has 5 aliphatic rings. The van der Waals surface area contributed by atoms with Gasteiger partial charge in [-0.05, 0) is 24.8 Å². The van der Waals surface area contributed by atoms with Crippen molar-refractivity contribution in [3.8, 4) is 0 Å². The minimum Gasteiger partial charge on any atom is -0.459 e. The molecule has 0 unspecified atom stereocenters. The van der Waals surface area contributed by atoms with Crippen molar-refractivity contribution < 1.29 is 39.1 Å². The van der Waals surface area contributed by atoms with Gasteiger partial charge in [0.25, 0.3) is 0 Å². The fourth-order valence-corrected chi connectivity index (χ4v) is 6.88. The van der Waals surface area contributed by atoms with Crippen LogP contribution in [-0.4, -0.2) is 68.0 Å². The van der Waals surface area contributed by atoms with Gasteiger partial charge < -0.3 is 29.5 Å². The van der Waals surface area contributed by atoms with Crippen LogP contribution in [0.2, 0.25) is 0 Å². The molecule has 0 amide bonds. The number of aliphatic hydroxyl groups excluding tert-OH is 2. The molecular weight excluding hydrogens is 356 g/mol. The third kappa shape index (κ3) is 1.59. The van der Waals surface area contributed by atoms with E-state index in [1.54, 1.807) is 6.92 Å². The van der Waals surface area contributed by atoms with Gasteiger partial charge in [-0.3, -0.25) is 4.79 Å². The summed E-state index contributed by atoms with van der Waals surface area (Å²) >= 11 is 0. The van der Waals surface area contributed by atoms with Crippen molar-refractivity contribution in [3.05, 3.63) is 12.2 Å². The Morgan fingerprint density at radius 3 is 2.63 bits per heavy atom. The largest absolute Gasteiger partial charge is 0.459 e. The quantitative estimate of drug-likeness (QED) is 0.314. The average molecular weight is 380 g/mol. The van der Waals surface area contributed by atoms with Crippen molar-refractivity contribution in [2.75, 3.05) is 0 Å². The Balaban J connectivity index is 1.73. The monoisotopic (exact) mass is 380 g/mol. The number of hydrogen-bond donors (Lipinski definition) is 3. The molecule has 27 heavy (non-hydrogen) atoms. The molecule has 3 saturated carbocycles. The zero-order valence-corrected chi connectivity index (χ0v) is 15.5. The number of carbonyl (C=O) groups excluding carboxylic acids is 2. The zero-order valence-electron chi connectivity index (χ0n) is 15.5. The number of rotatable bonds is 1. The Hall–Kier alpha value is -1.48. The van der Waals surface area contributed by atoms with E-state index in [0.717, 1.165) is 0 Å². The summed E-state index contributed by atoms with van der Waals surface area (Å²) < 4.78 is 17.3. The van der Waals surface area contributed by atoms with Crippen molar-refractivity contribution in [2.45, 2.75) is 74.3 Å². The predicted molar refractivity (Wildman–Crippen MR) is 88.1 cm³/mol. The van der Waals surface area contributed by atoms with E-state index in [1.165, 1.54) is 6.92 Å². The van der Waals surface area contributed by atoms with Crippen LogP contribution >= 0.6 is 0 Å². The predicted octanol–water partition coefficient (Wildman–Crippen LogP) is -0.560. The van der Waals surface area contributed by atoms with Crippen LogP contribution in [0.25, 0.3) is 0 Å². The Kier molecular flexibility index (Phi) is 2.98. The summed E-state index contributed by atoms with van der Waals surface area (Å²) in [5, 5.41) is 33.0. The van der Waals surface area contributed by atoms with Gasteiger partial charge in [-0.1, -0.05) is 13.5 Å². The van der Waals surface area contributed by atoms with E-state index < -0.39 is 64.5 Å². The molecule has 0 bridgehead atoms. The number of esters is 2. The van der Waals surface area contributed by atoms with Crippen molar-refractivity contribution >= 4 is 11.9 Å². The summed E-state index contributed by atoms with van der Waals surface area (Å²) in [6, 6.07) is 0. The second-order valence-corrected chi connectivity index (χ2v) is 9.15. The van der Waals surface area contributed by atoms with Gasteiger partial charge in [-0.2, -0.15) is 0 Å². The molecule has 2 aliphatic heterocycles. The molecule has 5 rings (SSSR count). The number of hydrogen-bond acceptors (Lipinski definition) is 8.